The number of hydrogen-bond donors (Lipinski definition) is 0. The van der Waals surface area contributed by atoms with Gasteiger partial charge in [-0.25, -0.2) is 0 Å². The van der Waals surface area contributed by atoms with E-state index in [1.807, 2.05) is 0 Å². The van der Waals surface area contributed by atoms with Crippen LogP contribution in [0.5, 0.6) is 0 Å². The molecule has 0 nitrogen and oxygen atoms in total. The fourth-order valence-corrected chi connectivity index (χ4v) is 2.77. The molecule has 0 aromatic carbocycles. The molecule has 1 aliphatic carbocycles. The molecule has 0 aliphatic heterocycles. The fourth-order valence-electron chi connectivity index (χ4n) is 2.77. The maximum atomic E-state index is 2.45. The van der Waals surface area contributed by atoms with Crippen LogP contribution in [0.4, 0.5) is 0 Å². The summed E-state index contributed by atoms with van der Waals surface area (Å²) >= 11 is 0. The molecule has 1 rings (SSSR count). The average molecular weight is 196 g/mol. The van der Waals surface area contributed by atoms with Gasteiger partial charge >= 0.3 is 0 Å². The first kappa shape index (κ1) is 12.1. The lowest BCUT2D eigenvalue weighted by Gasteiger charge is -2.32. The molecule has 0 bridgehead atoms. The summed E-state index contributed by atoms with van der Waals surface area (Å²) in [5, 5.41) is 0. The summed E-state index contributed by atoms with van der Waals surface area (Å²) in [6, 6.07) is 0. The van der Waals surface area contributed by atoms with Crippen molar-refractivity contribution in [3.05, 3.63) is 0 Å². The van der Waals surface area contributed by atoms with Gasteiger partial charge < -0.3 is 0 Å². The van der Waals surface area contributed by atoms with E-state index in [0.29, 0.717) is 10.8 Å². The molecule has 0 N–H and O–H groups in total. The van der Waals surface area contributed by atoms with Crippen molar-refractivity contribution in [3.8, 4) is 0 Å². The summed E-state index contributed by atoms with van der Waals surface area (Å²) in [7, 11) is 0. The molecule has 14 heavy (non-hydrogen) atoms. The second-order valence-corrected chi connectivity index (χ2v) is 6.92. The first-order valence-corrected chi connectivity index (χ1v) is 6.27. The molecule has 2 atom stereocenters. The molecule has 0 aromatic rings. The Morgan fingerprint density at radius 1 is 0.929 bits per heavy atom. The van der Waals surface area contributed by atoms with Gasteiger partial charge in [0.25, 0.3) is 0 Å². The van der Waals surface area contributed by atoms with Crippen LogP contribution in [-0.2, 0) is 0 Å². The highest BCUT2D eigenvalue weighted by molar-refractivity contribution is 4.89. The van der Waals surface area contributed by atoms with Gasteiger partial charge in [0.2, 0.25) is 0 Å². The molecular weight excluding hydrogens is 168 g/mol. The normalized spacial score (nSPS) is 29.6. The Balaban J connectivity index is 2.58. The topological polar surface area (TPSA) is 0 Å². The third-order valence-corrected chi connectivity index (χ3v) is 4.67. The summed E-state index contributed by atoms with van der Waals surface area (Å²) in [6.45, 7) is 14.4. The first-order chi connectivity index (χ1) is 6.27. The maximum Gasteiger partial charge on any atom is -0.0328 e. The Kier molecular flexibility index (Phi) is 3.33. The van der Waals surface area contributed by atoms with Crippen LogP contribution >= 0.6 is 0 Å². The third kappa shape index (κ3) is 2.52. The average Bonchev–Trinajstić information content (AvgIpc) is 2.51. The minimum absolute atomic E-state index is 0.526. The minimum Gasteiger partial charge on any atom is -0.0649 e. The zero-order valence-electron chi connectivity index (χ0n) is 11.0. The third-order valence-electron chi connectivity index (χ3n) is 4.67. The van der Waals surface area contributed by atoms with Gasteiger partial charge in [0, 0.05) is 0 Å². The van der Waals surface area contributed by atoms with E-state index >= 15 is 0 Å². The van der Waals surface area contributed by atoms with Gasteiger partial charge in [-0.15, -0.1) is 0 Å². The van der Waals surface area contributed by atoms with Crippen LogP contribution in [0, 0.1) is 22.7 Å². The Hall–Kier alpha value is 0. The Bertz CT molecular complexity index is 183. The predicted octanol–water partition coefficient (Wildman–Crippen LogP) is 4.89. The van der Waals surface area contributed by atoms with Crippen molar-refractivity contribution >= 4 is 0 Å². The van der Waals surface area contributed by atoms with Crippen LogP contribution in [-0.4, -0.2) is 0 Å². The lowest BCUT2D eigenvalue weighted by molar-refractivity contribution is 0.177. The molecule has 1 fully saturated rings. The van der Waals surface area contributed by atoms with Crippen molar-refractivity contribution < 1.29 is 0 Å². The number of hydrogen-bond acceptors (Lipinski definition) is 0. The summed E-state index contributed by atoms with van der Waals surface area (Å²) < 4.78 is 0. The van der Waals surface area contributed by atoms with Gasteiger partial charge in [0.05, 0.1) is 0 Å². The molecule has 84 valence electrons. The molecule has 1 aliphatic rings. The van der Waals surface area contributed by atoms with E-state index in [-0.39, 0.29) is 0 Å². The second-order valence-electron chi connectivity index (χ2n) is 6.92. The van der Waals surface area contributed by atoms with Gasteiger partial charge in [-0.3, -0.25) is 0 Å². The second kappa shape index (κ2) is 3.87. The standard InChI is InChI=1S/C14H28/c1-7-14(5,6)12-9-8-11(10-12)13(2,3)4/h11-12H,7-10H2,1-6H3. The van der Waals surface area contributed by atoms with E-state index in [2.05, 4.69) is 41.5 Å². The maximum absolute atomic E-state index is 2.45. The molecule has 0 aromatic heterocycles. The zero-order valence-corrected chi connectivity index (χ0v) is 11.0. The predicted molar refractivity (Wildman–Crippen MR) is 64.4 cm³/mol. The van der Waals surface area contributed by atoms with E-state index in [9.17, 15) is 0 Å². The smallest absolute Gasteiger partial charge is 0.0328 e. The first-order valence-electron chi connectivity index (χ1n) is 6.27. The molecular formula is C14H28. The molecule has 0 heterocycles. The van der Waals surface area contributed by atoms with Gasteiger partial charge in [-0.1, -0.05) is 48.0 Å². The summed E-state index contributed by atoms with van der Waals surface area (Å²) in [4.78, 5) is 0. The van der Waals surface area contributed by atoms with Gasteiger partial charge in [-0.05, 0) is 41.9 Å². The highest BCUT2D eigenvalue weighted by Gasteiger charge is 2.38. The van der Waals surface area contributed by atoms with Crippen molar-refractivity contribution in [3.63, 3.8) is 0 Å². The van der Waals surface area contributed by atoms with E-state index in [1.165, 1.54) is 25.7 Å². The van der Waals surface area contributed by atoms with Gasteiger partial charge in [-0.2, -0.15) is 0 Å². The summed E-state index contributed by atoms with van der Waals surface area (Å²) in [5.74, 6) is 1.93. The van der Waals surface area contributed by atoms with E-state index < -0.39 is 0 Å². The summed E-state index contributed by atoms with van der Waals surface area (Å²) in [5.41, 5.74) is 1.10. The molecule has 0 radical (unpaired) electrons. The van der Waals surface area contributed by atoms with Crippen LogP contribution in [0.1, 0.15) is 67.2 Å². The van der Waals surface area contributed by atoms with Crippen LogP contribution in [0.15, 0.2) is 0 Å². The van der Waals surface area contributed by atoms with Crippen LogP contribution in [0.25, 0.3) is 0 Å². The zero-order chi connectivity index (χ0) is 11.0. The SMILES string of the molecule is CCC(C)(C)C1CCC(C(C)(C)C)C1. The van der Waals surface area contributed by atoms with E-state index in [1.54, 1.807) is 0 Å². The quantitative estimate of drug-likeness (QED) is 0.590. The summed E-state index contributed by atoms with van der Waals surface area (Å²) in [6.07, 6.45) is 5.71. The van der Waals surface area contributed by atoms with Crippen LogP contribution in [0.3, 0.4) is 0 Å². The Labute approximate surface area is 90.5 Å². The molecule has 0 heteroatoms. The van der Waals surface area contributed by atoms with Crippen molar-refractivity contribution in [1.82, 2.24) is 0 Å². The van der Waals surface area contributed by atoms with Crippen molar-refractivity contribution in [2.24, 2.45) is 22.7 Å². The Morgan fingerprint density at radius 2 is 1.43 bits per heavy atom. The van der Waals surface area contributed by atoms with Crippen molar-refractivity contribution in [2.75, 3.05) is 0 Å². The van der Waals surface area contributed by atoms with Gasteiger partial charge in [0.15, 0.2) is 0 Å². The highest BCUT2D eigenvalue weighted by atomic mass is 14.4. The number of rotatable bonds is 2. The molecule has 2 unspecified atom stereocenters. The monoisotopic (exact) mass is 196 g/mol. The lowest BCUT2D eigenvalue weighted by Crippen LogP contribution is -2.23. The van der Waals surface area contributed by atoms with Crippen LogP contribution < -0.4 is 0 Å². The lowest BCUT2D eigenvalue weighted by atomic mass is 9.73. The van der Waals surface area contributed by atoms with E-state index in [4.69, 9.17) is 0 Å². The highest BCUT2D eigenvalue weighted by Crippen LogP contribution is 2.49. The molecule has 1 saturated carbocycles. The van der Waals surface area contributed by atoms with Crippen molar-refractivity contribution in [1.29, 1.82) is 0 Å². The van der Waals surface area contributed by atoms with E-state index in [0.717, 1.165) is 11.8 Å². The van der Waals surface area contributed by atoms with Gasteiger partial charge in [0.1, 0.15) is 0 Å². The molecule has 0 spiro atoms. The minimum atomic E-state index is 0.526. The van der Waals surface area contributed by atoms with Crippen molar-refractivity contribution in [2.45, 2.75) is 67.2 Å². The van der Waals surface area contributed by atoms with Crippen LogP contribution in [0.2, 0.25) is 0 Å². The molecule has 0 amide bonds. The fraction of sp³-hybridized carbons (Fsp3) is 1.00. The molecule has 0 saturated heterocycles. The Morgan fingerprint density at radius 3 is 1.79 bits per heavy atom. The largest absolute Gasteiger partial charge is 0.0649 e.